The lowest BCUT2D eigenvalue weighted by Crippen LogP contribution is -2.35. The number of carbonyl (C=O) groups is 2. The monoisotopic (exact) mass is 211 g/mol. The summed E-state index contributed by atoms with van der Waals surface area (Å²) in [6.07, 6.45) is 1.32. The van der Waals surface area contributed by atoms with Gasteiger partial charge in [0.2, 0.25) is 0 Å². The first-order valence-corrected chi connectivity index (χ1v) is 5.00. The molecule has 0 spiro atoms. The van der Waals surface area contributed by atoms with E-state index in [4.69, 9.17) is 4.74 Å². The van der Waals surface area contributed by atoms with Crippen LogP contribution >= 0.6 is 0 Å². The molecule has 1 aliphatic rings. The highest BCUT2D eigenvalue weighted by Gasteiger charge is 2.31. The van der Waals surface area contributed by atoms with Crippen LogP contribution in [0.5, 0.6) is 0 Å². The zero-order valence-corrected chi connectivity index (χ0v) is 9.66. The van der Waals surface area contributed by atoms with Crippen molar-refractivity contribution in [2.24, 2.45) is 0 Å². The molecule has 0 N–H and O–H groups in total. The molecule has 0 atom stereocenters. The predicted molar refractivity (Wildman–Crippen MR) is 56.6 cm³/mol. The number of Topliss-reactive ketones (excluding diaryl/α,β-unsaturated/α-hetero) is 1. The van der Waals surface area contributed by atoms with Crippen LogP contribution < -0.4 is 0 Å². The Balaban J connectivity index is 2.62. The van der Waals surface area contributed by atoms with E-state index in [1.165, 1.54) is 4.90 Å². The lowest BCUT2D eigenvalue weighted by atomic mass is 10.2. The minimum atomic E-state index is -0.515. The Morgan fingerprint density at radius 3 is 2.40 bits per heavy atom. The van der Waals surface area contributed by atoms with Crippen molar-refractivity contribution in [3.05, 3.63) is 11.6 Å². The number of amides is 1. The number of nitrogens with zero attached hydrogens (tertiary/aromatic N) is 1. The van der Waals surface area contributed by atoms with Crippen LogP contribution in [-0.2, 0) is 9.53 Å². The van der Waals surface area contributed by atoms with Gasteiger partial charge in [-0.05, 0) is 27.7 Å². The van der Waals surface area contributed by atoms with Gasteiger partial charge in [0.1, 0.15) is 5.60 Å². The van der Waals surface area contributed by atoms with Crippen molar-refractivity contribution in [3.63, 3.8) is 0 Å². The minimum absolute atomic E-state index is 0.00311. The highest BCUT2D eigenvalue weighted by atomic mass is 16.6. The van der Waals surface area contributed by atoms with Crippen molar-refractivity contribution in [1.82, 2.24) is 4.90 Å². The van der Waals surface area contributed by atoms with Crippen LogP contribution in [-0.4, -0.2) is 35.5 Å². The van der Waals surface area contributed by atoms with Crippen molar-refractivity contribution in [1.29, 1.82) is 0 Å². The molecule has 0 bridgehead atoms. The third-order valence-electron chi connectivity index (χ3n) is 2.05. The Morgan fingerprint density at radius 1 is 1.40 bits per heavy atom. The Bertz CT molecular complexity index is 312. The SMILES string of the molecule is C/C=C1/CN(C(=O)OC(C)(C)C)CC1=O. The molecule has 1 amide bonds. The summed E-state index contributed by atoms with van der Waals surface area (Å²) in [5, 5.41) is 0. The van der Waals surface area contributed by atoms with Crippen molar-refractivity contribution < 1.29 is 14.3 Å². The Hall–Kier alpha value is -1.32. The molecule has 15 heavy (non-hydrogen) atoms. The molecule has 1 rings (SSSR count). The van der Waals surface area contributed by atoms with Gasteiger partial charge in [-0.1, -0.05) is 6.08 Å². The smallest absolute Gasteiger partial charge is 0.411 e. The van der Waals surface area contributed by atoms with Gasteiger partial charge in [-0.15, -0.1) is 0 Å². The summed E-state index contributed by atoms with van der Waals surface area (Å²) in [5.74, 6) is 0.00311. The van der Waals surface area contributed by atoms with Crippen LogP contribution in [0.3, 0.4) is 0 Å². The van der Waals surface area contributed by atoms with Crippen LogP contribution in [0, 0.1) is 0 Å². The fourth-order valence-electron chi connectivity index (χ4n) is 1.33. The van der Waals surface area contributed by atoms with Crippen molar-refractivity contribution in [3.8, 4) is 0 Å². The first-order chi connectivity index (χ1) is 6.83. The highest BCUT2D eigenvalue weighted by molar-refractivity contribution is 6.01. The molecule has 0 aliphatic carbocycles. The second-order valence-corrected chi connectivity index (χ2v) is 4.57. The molecule has 0 aromatic carbocycles. The summed E-state index contributed by atoms with van der Waals surface area (Å²) in [4.78, 5) is 24.4. The summed E-state index contributed by atoms with van der Waals surface area (Å²) in [5.41, 5.74) is 0.166. The maximum atomic E-state index is 11.6. The molecule has 84 valence electrons. The fourth-order valence-corrected chi connectivity index (χ4v) is 1.33. The number of ether oxygens (including phenoxy) is 1. The maximum absolute atomic E-state index is 11.6. The van der Waals surface area contributed by atoms with Crippen LogP contribution in [0.15, 0.2) is 11.6 Å². The Labute approximate surface area is 89.9 Å². The largest absolute Gasteiger partial charge is 0.444 e. The van der Waals surface area contributed by atoms with Gasteiger partial charge in [0, 0.05) is 5.57 Å². The molecule has 1 heterocycles. The maximum Gasteiger partial charge on any atom is 0.411 e. The second kappa shape index (κ2) is 4.04. The van der Waals surface area contributed by atoms with E-state index in [1.807, 2.05) is 0 Å². The normalized spacial score (nSPS) is 19.9. The molecular formula is C11H17NO3. The third-order valence-corrected chi connectivity index (χ3v) is 2.05. The molecule has 1 fully saturated rings. The lowest BCUT2D eigenvalue weighted by Gasteiger charge is -2.23. The van der Waals surface area contributed by atoms with Gasteiger partial charge >= 0.3 is 6.09 Å². The van der Waals surface area contributed by atoms with Crippen LogP contribution in [0.4, 0.5) is 4.79 Å². The summed E-state index contributed by atoms with van der Waals surface area (Å²) in [6.45, 7) is 7.71. The molecule has 1 aliphatic heterocycles. The predicted octanol–water partition coefficient (Wildman–Crippen LogP) is 1.75. The molecule has 0 aromatic rings. The van der Waals surface area contributed by atoms with E-state index in [9.17, 15) is 9.59 Å². The van der Waals surface area contributed by atoms with Gasteiger partial charge in [-0.2, -0.15) is 0 Å². The van der Waals surface area contributed by atoms with Gasteiger partial charge in [0.15, 0.2) is 5.78 Å². The first-order valence-electron chi connectivity index (χ1n) is 5.00. The van der Waals surface area contributed by atoms with Crippen molar-refractivity contribution in [2.45, 2.75) is 33.3 Å². The van der Waals surface area contributed by atoms with Gasteiger partial charge in [0.05, 0.1) is 13.1 Å². The minimum Gasteiger partial charge on any atom is -0.444 e. The zero-order valence-electron chi connectivity index (χ0n) is 9.66. The van der Waals surface area contributed by atoms with Gasteiger partial charge in [-0.25, -0.2) is 4.79 Å². The van der Waals surface area contributed by atoms with Gasteiger partial charge in [0.25, 0.3) is 0 Å². The third kappa shape index (κ3) is 3.08. The number of rotatable bonds is 0. The standard InChI is InChI=1S/C11H17NO3/c1-5-8-6-12(7-9(8)13)10(14)15-11(2,3)4/h5H,6-7H2,1-4H3/b8-5-. The number of hydrogen-bond donors (Lipinski definition) is 0. The van der Waals surface area contributed by atoms with E-state index >= 15 is 0 Å². The summed E-state index contributed by atoms with van der Waals surface area (Å²) in [6, 6.07) is 0. The number of likely N-dealkylation sites (tertiary alicyclic amines) is 1. The van der Waals surface area contributed by atoms with E-state index in [-0.39, 0.29) is 12.3 Å². The summed E-state index contributed by atoms with van der Waals surface area (Å²) >= 11 is 0. The molecule has 0 saturated carbocycles. The second-order valence-electron chi connectivity index (χ2n) is 4.57. The highest BCUT2D eigenvalue weighted by Crippen LogP contribution is 2.16. The van der Waals surface area contributed by atoms with Crippen molar-refractivity contribution >= 4 is 11.9 Å². The van der Waals surface area contributed by atoms with Crippen LogP contribution in [0.25, 0.3) is 0 Å². The van der Waals surface area contributed by atoms with Crippen molar-refractivity contribution in [2.75, 3.05) is 13.1 Å². The van der Waals surface area contributed by atoms with Gasteiger partial charge in [-0.3, -0.25) is 9.69 Å². The van der Waals surface area contributed by atoms with Crippen LogP contribution in [0.1, 0.15) is 27.7 Å². The van der Waals surface area contributed by atoms with E-state index in [2.05, 4.69) is 0 Å². The molecule has 0 aromatic heterocycles. The topological polar surface area (TPSA) is 46.6 Å². The first kappa shape index (κ1) is 11.8. The summed E-state index contributed by atoms with van der Waals surface area (Å²) < 4.78 is 5.17. The quantitative estimate of drug-likeness (QED) is 0.573. The number of hydrogen-bond acceptors (Lipinski definition) is 3. The molecule has 4 heteroatoms. The average molecular weight is 211 g/mol. The molecule has 0 radical (unpaired) electrons. The lowest BCUT2D eigenvalue weighted by molar-refractivity contribution is -0.114. The summed E-state index contributed by atoms with van der Waals surface area (Å²) in [7, 11) is 0. The zero-order chi connectivity index (χ0) is 11.6. The number of carbonyl (C=O) groups excluding carboxylic acids is 2. The number of allylic oxidation sites excluding steroid dienone is 1. The van der Waals surface area contributed by atoms with E-state index in [0.29, 0.717) is 12.1 Å². The van der Waals surface area contributed by atoms with E-state index < -0.39 is 11.7 Å². The molecular weight excluding hydrogens is 194 g/mol. The van der Waals surface area contributed by atoms with Gasteiger partial charge < -0.3 is 4.74 Å². The fraction of sp³-hybridized carbons (Fsp3) is 0.636. The van der Waals surface area contributed by atoms with E-state index in [1.54, 1.807) is 33.8 Å². The molecule has 4 nitrogen and oxygen atoms in total. The number of ketones is 1. The molecule has 0 unspecified atom stereocenters. The Morgan fingerprint density at radius 2 is 2.00 bits per heavy atom. The average Bonchev–Trinajstić information content (AvgIpc) is 2.43. The molecule has 1 saturated heterocycles. The Kier molecular flexibility index (Phi) is 3.17. The van der Waals surface area contributed by atoms with Crippen LogP contribution in [0.2, 0.25) is 0 Å². The van der Waals surface area contributed by atoms with E-state index in [0.717, 1.165) is 0 Å².